The summed E-state index contributed by atoms with van der Waals surface area (Å²) >= 11 is 0. The van der Waals surface area contributed by atoms with Crippen molar-refractivity contribution >= 4 is 5.91 Å². The number of carbonyl (C=O) groups is 1. The predicted molar refractivity (Wildman–Crippen MR) is 93.3 cm³/mol. The first-order valence-corrected chi connectivity index (χ1v) is 7.93. The molecule has 1 amide bonds. The first-order chi connectivity index (χ1) is 12.1. The van der Waals surface area contributed by atoms with Crippen LogP contribution in [0.15, 0.2) is 53.1 Å². The van der Waals surface area contributed by atoms with Crippen molar-refractivity contribution in [2.24, 2.45) is 0 Å². The van der Waals surface area contributed by atoms with Crippen molar-refractivity contribution in [1.82, 2.24) is 15.5 Å². The van der Waals surface area contributed by atoms with Gasteiger partial charge in [-0.15, -0.1) is 0 Å². The minimum Gasteiger partial charge on any atom is -0.497 e. The van der Waals surface area contributed by atoms with Crippen LogP contribution in [-0.4, -0.2) is 23.2 Å². The van der Waals surface area contributed by atoms with E-state index >= 15 is 0 Å². The van der Waals surface area contributed by atoms with Crippen molar-refractivity contribution in [3.8, 4) is 17.1 Å². The first-order valence-electron chi connectivity index (χ1n) is 7.93. The zero-order chi connectivity index (χ0) is 17.8. The van der Waals surface area contributed by atoms with Crippen LogP contribution in [0, 0.1) is 6.92 Å². The third kappa shape index (κ3) is 3.68. The Morgan fingerprint density at radius 3 is 2.56 bits per heavy atom. The van der Waals surface area contributed by atoms with Gasteiger partial charge in [-0.2, -0.15) is 4.98 Å². The quantitative estimate of drug-likeness (QED) is 0.770. The molecule has 1 N–H and O–H groups in total. The van der Waals surface area contributed by atoms with Crippen LogP contribution < -0.4 is 10.1 Å². The van der Waals surface area contributed by atoms with Crippen LogP contribution in [0.3, 0.4) is 0 Å². The van der Waals surface area contributed by atoms with Gasteiger partial charge >= 0.3 is 0 Å². The number of hydrogen-bond donors (Lipinski definition) is 1. The summed E-state index contributed by atoms with van der Waals surface area (Å²) in [4.78, 5) is 16.7. The summed E-state index contributed by atoms with van der Waals surface area (Å²) in [5, 5.41) is 6.87. The molecule has 0 aliphatic carbocycles. The van der Waals surface area contributed by atoms with Crippen LogP contribution in [0.4, 0.5) is 0 Å². The van der Waals surface area contributed by atoms with E-state index in [1.54, 1.807) is 38.3 Å². The molecule has 0 aliphatic heterocycles. The molecule has 2 aromatic carbocycles. The average molecular weight is 337 g/mol. The molecule has 25 heavy (non-hydrogen) atoms. The Hall–Kier alpha value is -3.15. The molecule has 0 spiro atoms. The molecular weight excluding hydrogens is 318 g/mol. The highest BCUT2D eigenvalue weighted by molar-refractivity contribution is 5.94. The number of aryl methyl sites for hydroxylation is 1. The second kappa shape index (κ2) is 7.17. The van der Waals surface area contributed by atoms with Crippen molar-refractivity contribution in [1.29, 1.82) is 0 Å². The zero-order valence-corrected chi connectivity index (χ0v) is 14.3. The van der Waals surface area contributed by atoms with E-state index < -0.39 is 6.04 Å². The van der Waals surface area contributed by atoms with Crippen LogP contribution in [-0.2, 0) is 0 Å². The Bertz CT molecular complexity index is 872. The number of carbonyl (C=O) groups excluding carboxylic acids is 1. The number of methoxy groups -OCH3 is 1. The van der Waals surface area contributed by atoms with Crippen molar-refractivity contribution < 1.29 is 14.1 Å². The number of nitrogens with one attached hydrogen (secondary N) is 1. The maximum Gasteiger partial charge on any atom is 0.251 e. The van der Waals surface area contributed by atoms with E-state index in [2.05, 4.69) is 15.5 Å². The molecule has 0 bridgehead atoms. The topological polar surface area (TPSA) is 77.2 Å². The highest BCUT2D eigenvalue weighted by Gasteiger charge is 2.18. The molecule has 6 heteroatoms. The molecule has 1 unspecified atom stereocenters. The van der Waals surface area contributed by atoms with Gasteiger partial charge in [-0.3, -0.25) is 4.79 Å². The van der Waals surface area contributed by atoms with Gasteiger partial charge in [-0.25, -0.2) is 0 Å². The molecule has 0 saturated heterocycles. The van der Waals surface area contributed by atoms with Gasteiger partial charge in [0.1, 0.15) is 11.8 Å². The Labute approximate surface area is 145 Å². The Kier molecular flexibility index (Phi) is 4.79. The molecule has 1 aromatic heterocycles. The molecule has 0 aliphatic rings. The number of benzene rings is 2. The Morgan fingerprint density at radius 1 is 1.16 bits per heavy atom. The van der Waals surface area contributed by atoms with Crippen LogP contribution in [0.2, 0.25) is 0 Å². The maximum absolute atomic E-state index is 12.3. The van der Waals surface area contributed by atoms with E-state index in [1.807, 2.05) is 31.2 Å². The molecule has 1 heterocycles. The normalized spacial score (nSPS) is 11.8. The summed E-state index contributed by atoms with van der Waals surface area (Å²) in [7, 11) is 1.58. The summed E-state index contributed by atoms with van der Waals surface area (Å²) in [6.07, 6.45) is 0. The zero-order valence-electron chi connectivity index (χ0n) is 14.3. The summed E-state index contributed by atoms with van der Waals surface area (Å²) in [5.41, 5.74) is 2.50. The second-order valence-corrected chi connectivity index (χ2v) is 5.69. The van der Waals surface area contributed by atoms with Gasteiger partial charge in [-0.05, 0) is 43.7 Å². The van der Waals surface area contributed by atoms with E-state index in [4.69, 9.17) is 9.26 Å². The third-order valence-electron chi connectivity index (χ3n) is 3.90. The molecule has 1 atom stereocenters. The largest absolute Gasteiger partial charge is 0.497 e. The van der Waals surface area contributed by atoms with Crippen LogP contribution >= 0.6 is 0 Å². The lowest BCUT2D eigenvalue weighted by atomic mass is 10.1. The van der Waals surface area contributed by atoms with Gasteiger partial charge < -0.3 is 14.6 Å². The summed E-state index contributed by atoms with van der Waals surface area (Å²) in [6, 6.07) is 14.3. The number of amides is 1. The van der Waals surface area contributed by atoms with E-state index in [0.717, 1.165) is 11.1 Å². The fraction of sp³-hybridized carbons (Fsp3) is 0.211. The van der Waals surface area contributed by atoms with E-state index in [1.165, 1.54) is 0 Å². The Morgan fingerprint density at radius 2 is 1.88 bits per heavy atom. The average Bonchev–Trinajstić information content (AvgIpc) is 3.12. The number of hydrogen-bond acceptors (Lipinski definition) is 5. The lowest BCUT2D eigenvalue weighted by Gasteiger charge is -2.10. The molecule has 3 rings (SSSR count). The lowest BCUT2D eigenvalue weighted by Crippen LogP contribution is -2.26. The summed E-state index contributed by atoms with van der Waals surface area (Å²) in [6.45, 7) is 3.79. The molecule has 6 nitrogen and oxygen atoms in total. The minimum atomic E-state index is -0.403. The van der Waals surface area contributed by atoms with Gasteiger partial charge in [-0.1, -0.05) is 29.4 Å². The maximum atomic E-state index is 12.3. The standard InChI is InChI=1S/C19H19N3O3/c1-12-6-4-5-7-16(12)17-21-19(25-22-17)13(2)20-18(23)14-8-10-15(24-3)11-9-14/h4-11,13H,1-3H3,(H,20,23). The molecule has 0 radical (unpaired) electrons. The monoisotopic (exact) mass is 337 g/mol. The number of aromatic nitrogens is 2. The fourth-order valence-corrected chi connectivity index (χ4v) is 2.43. The predicted octanol–water partition coefficient (Wildman–Crippen LogP) is 3.54. The van der Waals surface area contributed by atoms with Crippen molar-refractivity contribution in [3.63, 3.8) is 0 Å². The van der Waals surface area contributed by atoms with Crippen LogP contribution in [0.25, 0.3) is 11.4 Å². The minimum absolute atomic E-state index is 0.217. The number of rotatable bonds is 5. The second-order valence-electron chi connectivity index (χ2n) is 5.69. The van der Waals surface area contributed by atoms with Crippen molar-refractivity contribution in [3.05, 3.63) is 65.5 Å². The first kappa shape index (κ1) is 16.7. The van der Waals surface area contributed by atoms with Crippen LogP contribution in [0.5, 0.6) is 5.75 Å². The van der Waals surface area contributed by atoms with E-state index in [9.17, 15) is 4.79 Å². The van der Waals surface area contributed by atoms with Crippen LogP contribution in [0.1, 0.15) is 34.8 Å². The molecular formula is C19H19N3O3. The molecule has 128 valence electrons. The Balaban J connectivity index is 1.72. The van der Waals surface area contributed by atoms with E-state index in [-0.39, 0.29) is 5.91 Å². The molecule has 3 aromatic rings. The van der Waals surface area contributed by atoms with Crippen molar-refractivity contribution in [2.45, 2.75) is 19.9 Å². The van der Waals surface area contributed by atoms with Gasteiger partial charge in [0.05, 0.1) is 7.11 Å². The lowest BCUT2D eigenvalue weighted by molar-refractivity contribution is 0.0932. The SMILES string of the molecule is COc1ccc(C(=O)NC(C)c2nc(-c3ccccc3C)no2)cc1. The molecule has 0 fully saturated rings. The highest BCUT2D eigenvalue weighted by atomic mass is 16.5. The third-order valence-corrected chi connectivity index (χ3v) is 3.90. The number of ether oxygens (including phenoxy) is 1. The summed E-state index contributed by atoms with van der Waals surface area (Å²) in [5.74, 6) is 1.36. The van der Waals surface area contributed by atoms with Gasteiger partial charge in [0, 0.05) is 11.1 Å². The molecule has 0 saturated carbocycles. The van der Waals surface area contributed by atoms with Crippen molar-refractivity contribution in [2.75, 3.05) is 7.11 Å². The number of nitrogens with zero attached hydrogens (tertiary/aromatic N) is 2. The van der Waals surface area contributed by atoms with E-state index in [0.29, 0.717) is 23.0 Å². The summed E-state index contributed by atoms with van der Waals surface area (Å²) < 4.78 is 10.4. The van der Waals surface area contributed by atoms with Gasteiger partial charge in [0.2, 0.25) is 11.7 Å². The van der Waals surface area contributed by atoms with Gasteiger partial charge in [0.25, 0.3) is 5.91 Å². The van der Waals surface area contributed by atoms with Gasteiger partial charge in [0.15, 0.2) is 0 Å². The fourth-order valence-electron chi connectivity index (χ4n) is 2.43. The smallest absolute Gasteiger partial charge is 0.251 e. The highest BCUT2D eigenvalue weighted by Crippen LogP contribution is 2.22.